The van der Waals surface area contributed by atoms with E-state index in [1.54, 1.807) is 6.92 Å². The van der Waals surface area contributed by atoms with E-state index in [2.05, 4.69) is 41.3 Å². The van der Waals surface area contributed by atoms with E-state index in [0.717, 1.165) is 25.8 Å². The van der Waals surface area contributed by atoms with Gasteiger partial charge >= 0.3 is 0 Å². The van der Waals surface area contributed by atoms with Crippen molar-refractivity contribution in [3.8, 4) is 0 Å². The maximum absolute atomic E-state index is 11.6. The number of amides is 1. The van der Waals surface area contributed by atoms with E-state index in [-0.39, 0.29) is 5.91 Å². The molecule has 0 aliphatic heterocycles. The minimum absolute atomic E-state index is 0.147. The lowest BCUT2D eigenvalue weighted by atomic mass is 10.2. The number of hydrogen-bond acceptors (Lipinski definition) is 1. The lowest BCUT2D eigenvalue weighted by molar-refractivity contribution is -0.129. The third-order valence-electron chi connectivity index (χ3n) is 2.85. The molecule has 0 fully saturated rings. The van der Waals surface area contributed by atoms with Crippen LogP contribution in [0.15, 0.2) is 36.9 Å². The average molecular weight is 357 g/mol. The zero-order valence-corrected chi connectivity index (χ0v) is 13.0. The summed E-state index contributed by atoms with van der Waals surface area (Å²) in [6, 6.07) is 8.20. The van der Waals surface area contributed by atoms with Crippen molar-refractivity contribution in [3.63, 3.8) is 0 Å². The molecule has 0 aromatic heterocycles. The summed E-state index contributed by atoms with van der Waals surface area (Å²) in [5.41, 5.74) is 1.22. The van der Waals surface area contributed by atoms with Crippen molar-refractivity contribution in [1.82, 2.24) is 4.90 Å². The van der Waals surface area contributed by atoms with Gasteiger partial charge in [0.2, 0.25) is 5.91 Å². The summed E-state index contributed by atoms with van der Waals surface area (Å²) in [6.45, 7) is 6.89. The molecule has 0 aliphatic carbocycles. The second-order valence-electron chi connectivity index (χ2n) is 4.32. The van der Waals surface area contributed by atoms with Gasteiger partial charge in [0.25, 0.3) is 0 Å². The van der Waals surface area contributed by atoms with Crippen LogP contribution in [0.3, 0.4) is 0 Å². The molecule has 98 valence electrons. The average Bonchev–Trinajstić information content (AvgIpc) is 2.35. The first-order valence-corrected chi connectivity index (χ1v) is 7.33. The molecule has 0 radical (unpaired) electrons. The maximum atomic E-state index is 11.6. The van der Waals surface area contributed by atoms with Gasteiger partial charge in [-0.3, -0.25) is 4.79 Å². The summed E-state index contributed by atoms with van der Waals surface area (Å²) in [7, 11) is 0. The highest BCUT2D eigenvalue weighted by molar-refractivity contribution is 14.1. The van der Waals surface area contributed by atoms with Crippen LogP contribution in [0.2, 0.25) is 0 Å². The zero-order valence-electron chi connectivity index (χ0n) is 10.9. The third kappa shape index (κ3) is 5.21. The Balaban J connectivity index is 2.55. The lowest BCUT2D eigenvalue weighted by Crippen LogP contribution is -2.29. The molecule has 1 aromatic carbocycles. The van der Waals surface area contributed by atoms with Crippen LogP contribution >= 0.6 is 22.6 Å². The minimum atomic E-state index is 0.147. The molecule has 0 spiro atoms. The summed E-state index contributed by atoms with van der Waals surface area (Å²) in [4.78, 5) is 13.5. The number of rotatable bonds is 7. The molecule has 0 aliphatic rings. The first-order chi connectivity index (χ1) is 8.65. The number of benzene rings is 1. The zero-order chi connectivity index (χ0) is 13.4. The Hall–Kier alpha value is -0.840. The second kappa shape index (κ2) is 8.29. The lowest BCUT2D eigenvalue weighted by Gasteiger charge is -2.21. The van der Waals surface area contributed by atoms with Crippen LogP contribution in [0.1, 0.15) is 31.7 Å². The van der Waals surface area contributed by atoms with Crippen molar-refractivity contribution in [3.05, 3.63) is 46.1 Å². The smallest absolute Gasteiger partial charge is 0.219 e. The van der Waals surface area contributed by atoms with Crippen LogP contribution < -0.4 is 0 Å². The number of hydrogen-bond donors (Lipinski definition) is 0. The molecule has 0 atom stereocenters. The van der Waals surface area contributed by atoms with Gasteiger partial charge < -0.3 is 4.90 Å². The fourth-order valence-corrected chi connectivity index (χ4v) is 2.33. The van der Waals surface area contributed by atoms with Gasteiger partial charge in [-0.1, -0.05) is 24.3 Å². The van der Waals surface area contributed by atoms with Crippen LogP contribution in [0.4, 0.5) is 0 Å². The van der Waals surface area contributed by atoms with Gasteiger partial charge in [0.15, 0.2) is 0 Å². The van der Waals surface area contributed by atoms with Gasteiger partial charge in [-0.15, -0.1) is 6.58 Å². The van der Waals surface area contributed by atoms with E-state index in [9.17, 15) is 4.79 Å². The van der Waals surface area contributed by atoms with Crippen LogP contribution in [-0.2, 0) is 11.3 Å². The summed E-state index contributed by atoms with van der Waals surface area (Å²) < 4.78 is 1.22. The van der Waals surface area contributed by atoms with E-state index in [1.165, 1.54) is 9.13 Å². The molecule has 1 aromatic rings. The predicted octanol–water partition coefficient (Wildman–Crippen LogP) is 4.00. The Kier molecular flexibility index (Phi) is 7.01. The molecule has 0 unspecified atom stereocenters. The summed E-state index contributed by atoms with van der Waals surface area (Å²) in [6.07, 6.45) is 5.08. The summed E-state index contributed by atoms with van der Waals surface area (Å²) in [5, 5.41) is 0. The topological polar surface area (TPSA) is 20.3 Å². The quantitative estimate of drug-likeness (QED) is 0.410. The molecule has 2 nitrogen and oxygen atoms in total. The van der Waals surface area contributed by atoms with Crippen molar-refractivity contribution >= 4 is 28.5 Å². The van der Waals surface area contributed by atoms with Crippen molar-refractivity contribution in [2.75, 3.05) is 6.54 Å². The molecule has 1 rings (SSSR count). The molecule has 0 heterocycles. The SMILES string of the molecule is C=CCCCCN(Cc1ccccc1I)C(C)=O. The molecule has 18 heavy (non-hydrogen) atoms. The monoisotopic (exact) mass is 357 g/mol. The van der Waals surface area contributed by atoms with Gasteiger partial charge in [0.05, 0.1) is 0 Å². The van der Waals surface area contributed by atoms with Crippen LogP contribution in [-0.4, -0.2) is 17.4 Å². The Bertz CT molecular complexity index is 403. The van der Waals surface area contributed by atoms with E-state index in [4.69, 9.17) is 0 Å². The normalized spacial score (nSPS) is 10.1. The Morgan fingerprint density at radius 2 is 2.11 bits per heavy atom. The maximum Gasteiger partial charge on any atom is 0.219 e. The minimum Gasteiger partial charge on any atom is -0.339 e. The van der Waals surface area contributed by atoms with Gasteiger partial charge in [-0.25, -0.2) is 0 Å². The summed E-state index contributed by atoms with van der Waals surface area (Å²) >= 11 is 2.32. The molecule has 0 bridgehead atoms. The van der Waals surface area contributed by atoms with Crippen molar-refractivity contribution in [2.24, 2.45) is 0 Å². The molecular formula is C15H20INO. The standard InChI is InChI=1S/C15H20INO/c1-3-4-5-8-11-17(13(2)18)12-14-9-6-7-10-15(14)16/h3,6-7,9-10H,1,4-5,8,11-12H2,2H3. The number of carbonyl (C=O) groups excluding carboxylic acids is 1. The van der Waals surface area contributed by atoms with Crippen molar-refractivity contribution in [2.45, 2.75) is 32.7 Å². The van der Waals surface area contributed by atoms with Crippen LogP contribution in [0, 0.1) is 3.57 Å². The van der Waals surface area contributed by atoms with Gasteiger partial charge in [-0.05, 0) is 53.5 Å². The first kappa shape index (κ1) is 15.2. The Morgan fingerprint density at radius 3 is 2.72 bits per heavy atom. The highest BCUT2D eigenvalue weighted by Crippen LogP contribution is 2.14. The molecular weight excluding hydrogens is 337 g/mol. The van der Waals surface area contributed by atoms with Gasteiger partial charge in [0.1, 0.15) is 0 Å². The van der Waals surface area contributed by atoms with Gasteiger partial charge in [0, 0.05) is 23.6 Å². The summed E-state index contributed by atoms with van der Waals surface area (Å²) in [5.74, 6) is 0.147. The van der Waals surface area contributed by atoms with E-state index in [0.29, 0.717) is 6.54 Å². The third-order valence-corrected chi connectivity index (χ3v) is 3.90. The fourth-order valence-electron chi connectivity index (χ4n) is 1.77. The van der Waals surface area contributed by atoms with Gasteiger partial charge in [-0.2, -0.15) is 0 Å². The van der Waals surface area contributed by atoms with E-state index < -0.39 is 0 Å². The number of nitrogens with zero attached hydrogens (tertiary/aromatic N) is 1. The molecule has 0 saturated heterocycles. The van der Waals surface area contributed by atoms with Crippen molar-refractivity contribution in [1.29, 1.82) is 0 Å². The number of allylic oxidation sites excluding steroid dienone is 1. The second-order valence-corrected chi connectivity index (χ2v) is 5.48. The number of halogens is 1. The van der Waals surface area contributed by atoms with Crippen LogP contribution in [0.5, 0.6) is 0 Å². The Labute approximate surface area is 123 Å². The largest absolute Gasteiger partial charge is 0.339 e. The highest BCUT2D eigenvalue weighted by Gasteiger charge is 2.10. The predicted molar refractivity (Wildman–Crippen MR) is 84.3 cm³/mol. The molecule has 1 amide bonds. The van der Waals surface area contributed by atoms with Crippen molar-refractivity contribution < 1.29 is 4.79 Å². The molecule has 3 heteroatoms. The van der Waals surface area contributed by atoms with Crippen LogP contribution in [0.25, 0.3) is 0 Å². The molecule has 0 saturated carbocycles. The number of carbonyl (C=O) groups is 1. The fraction of sp³-hybridized carbons (Fsp3) is 0.400. The first-order valence-electron chi connectivity index (χ1n) is 6.25. The number of unbranched alkanes of at least 4 members (excludes halogenated alkanes) is 2. The van der Waals surface area contributed by atoms with E-state index in [1.807, 2.05) is 23.1 Å². The highest BCUT2D eigenvalue weighted by atomic mass is 127. The Morgan fingerprint density at radius 1 is 1.39 bits per heavy atom. The van der Waals surface area contributed by atoms with E-state index >= 15 is 0 Å². The molecule has 0 N–H and O–H groups in total.